The SMILES string of the molecule is NC(=S)COc1cccc(NC(=O)c2cccc(I)c2)c1. The zero-order valence-corrected chi connectivity index (χ0v) is 14.0. The third-order valence-electron chi connectivity index (χ3n) is 2.56. The topological polar surface area (TPSA) is 64.3 Å². The van der Waals surface area contributed by atoms with Gasteiger partial charge >= 0.3 is 0 Å². The van der Waals surface area contributed by atoms with Crippen molar-refractivity contribution in [2.24, 2.45) is 5.73 Å². The second kappa shape index (κ2) is 7.37. The Hall–Kier alpha value is -1.67. The smallest absolute Gasteiger partial charge is 0.255 e. The van der Waals surface area contributed by atoms with E-state index in [1.165, 1.54) is 0 Å². The summed E-state index contributed by atoms with van der Waals surface area (Å²) in [5, 5.41) is 2.83. The van der Waals surface area contributed by atoms with E-state index in [0.717, 1.165) is 3.57 Å². The van der Waals surface area contributed by atoms with Crippen LogP contribution in [0.1, 0.15) is 10.4 Å². The minimum Gasteiger partial charge on any atom is -0.486 e. The van der Waals surface area contributed by atoms with Crippen LogP contribution in [0.2, 0.25) is 0 Å². The van der Waals surface area contributed by atoms with E-state index >= 15 is 0 Å². The first-order valence-corrected chi connectivity index (χ1v) is 7.61. The number of thiocarbonyl (C=S) groups is 1. The second-order valence-electron chi connectivity index (χ2n) is 4.25. The molecule has 108 valence electrons. The molecule has 21 heavy (non-hydrogen) atoms. The van der Waals surface area contributed by atoms with Crippen LogP contribution in [-0.2, 0) is 0 Å². The average Bonchev–Trinajstić information content (AvgIpc) is 2.45. The summed E-state index contributed by atoms with van der Waals surface area (Å²) >= 11 is 6.92. The highest BCUT2D eigenvalue weighted by Gasteiger charge is 2.07. The normalized spacial score (nSPS) is 9.95. The van der Waals surface area contributed by atoms with E-state index < -0.39 is 0 Å². The third kappa shape index (κ3) is 4.98. The van der Waals surface area contributed by atoms with E-state index in [1.807, 2.05) is 18.2 Å². The van der Waals surface area contributed by atoms with E-state index in [2.05, 4.69) is 27.9 Å². The fourth-order valence-electron chi connectivity index (χ4n) is 1.65. The van der Waals surface area contributed by atoms with Gasteiger partial charge in [-0.2, -0.15) is 0 Å². The Bertz CT molecular complexity index is 676. The van der Waals surface area contributed by atoms with Gasteiger partial charge in [-0.3, -0.25) is 4.79 Å². The maximum atomic E-state index is 12.1. The van der Waals surface area contributed by atoms with Gasteiger partial charge in [0, 0.05) is 20.9 Å². The molecule has 0 saturated heterocycles. The van der Waals surface area contributed by atoms with Crippen LogP contribution in [0.5, 0.6) is 5.75 Å². The van der Waals surface area contributed by atoms with Crippen molar-refractivity contribution in [3.63, 3.8) is 0 Å². The molecule has 0 spiro atoms. The summed E-state index contributed by atoms with van der Waals surface area (Å²) in [6.45, 7) is 0.170. The lowest BCUT2D eigenvalue weighted by atomic mass is 10.2. The highest BCUT2D eigenvalue weighted by atomic mass is 127. The Morgan fingerprint density at radius 3 is 2.71 bits per heavy atom. The molecule has 0 unspecified atom stereocenters. The number of benzene rings is 2. The van der Waals surface area contributed by atoms with Crippen LogP contribution in [-0.4, -0.2) is 17.5 Å². The first kappa shape index (κ1) is 15.7. The van der Waals surface area contributed by atoms with Crippen LogP contribution < -0.4 is 15.8 Å². The van der Waals surface area contributed by atoms with Gasteiger partial charge in [0.1, 0.15) is 17.3 Å². The zero-order chi connectivity index (χ0) is 15.2. The van der Waals surface area contributed by atoms with E-state index in [0.29, 0.717) is 17.0 Å². The average molecular weight is 412 g/mol. The van der Waals surface area contributed by atoms with Crippen molar-refractivity contribution in [3.05, 3.63) is 57.7 Å². The molecule has 0 radical (unpaired) electrons. The lowest BCUT2D eigenvalue weighted by Crippen LogP contribution is -2.18. The summed E-state index contributed by atoms with van der Waals surface area (Å²) in [7, 11) is 0. The number of anilines is 1. The van der Waals surface area contributed by atoms with Crippen molar-refractivity contribution < 1.29 is 9.53 Å². The van der Waals surface area contributed by atoms with Crippen LogP contribution in [0.3, 0.4) is 0 Å². The van der Waals surface area contributed by atoms with E-state index in [9.17, 15) is 4.79 Å². The zero-order valence-electron chi connectivity index (χ0n) is 11.0. The predicted molar refractivity (Wildman–Crippen MR) is 95.8 cm³/mol. The minimum absolute atomic E-state index is 0.167. The summed E-state index contributed by atoms with van der Waals surface area (Å²) in [4.78, 5) is 12.4. The molecule has 2 aromatic rings. The van der Waals surface area contributed by atoms with Gasteiger partial charge in [-0.25, -0.2) is 0 Å². The number of ether oxygens (including phenoxy) is 1. The monoisotopic (exact) mass is 412 g/mol. The lowest BCUT2D eigenvalue weighted by molar-refractivity contribution is 0.102. The van der Waals surface area contributed by atoms with Crippen LogP contribution in [0.15, 0.2) is 48.5 Å². The Balaban J connectivity index is 2.07. The van der Waals surface area contributed by atoms with Gasteiger partial charge in [-0.1, -0.05) is 24.4 Å². The number of nitrogens with two attached hydrogens (primary N) is 1. The summed E-state index contributed by atoms with van der Waals surface area (Å²) in [5.41, 5.74) is 6.65. The predicted octanol–water partition coefficient (Wildman–Crippen LogP) is 3.21. The lowest BCUT2D eigenvalue weighted by Gasteiger charge is -2.09. The number of nitrogens with one attached hydrogen (secondary N) is 1. The summed E-state index contributed by atoms with van der Waals surface area (Å²) in [6, 6.07) is 14.5. The third-order valence-corrected chi connectivity index (χ3v) is 3.35. The van der Waals surface area contributed by atoms with Gasteiger partial charge < -0.3 is 15.8 Å². The molecule has 0 saturated carbocycles. The number of hydrogen-bond donors (Lipinski definition) is 2. The molecule has 0 aliphatic carbocycles. The molecule has 0 bridgehead atoms. The number of halogens is 1. The molecule has 0 atom stereocenters. The summed E-state index contributed by atoms with van der Waals surface area (Å²) in [6.07, 6.45) is 0. The molecular formula is C15H13IN2O2S. The molecule has 2 aromatic carbocycles. The van der Waals surface area contributed by atoms with Crippen molar-refractivity contribution >= 4 is 51.4 Å². The van der Waals surface area contributed by atoms with E-state index in [4.69, 9.17) is 22.7 Å². The maximum absolute atomic E-state index is 12.1. The van der Waals surface area contributed by atoms with E-state index in [1.54, 1.807) is 30.3 Å². The fraction of sp³-hybridized carbons (Fsp3) is 0.0667. The van der Waals surface area contributed by atoms with Crippen molar-refractivity contribution in [1.82, 2.24) is 0 Å². The molecular weight excluding hydrogens is 399 g/mol. The van der Waals surface area contributed by atoms with Crippen LogP contribution in [0, 0.1) is 3.57 Å². The van der Waals surface area contributed by atoms with Gasteiger partial charge in [0.2, 0.25) is 0 Å². The molecule has 0 aliphatic rings. The molecule has 2 rings (SSSR count). The molecule has 4 nitrogen and oxygen atoms in total. The highest BCUT2D eigenvalue weighted by molar-refractivity contribution is 14.1. The van der Waals surface area contributed by atoms with Gasteiger partial charge in [0.15, 0.2) is 0 Å². The minimum atomic E-state index is -0.167. The number of carbonyl (C=O) groups is 1. The van der Waals surface area contributed by atoms with Gasteiger partial charge in [-0.15, -0.1) is 0 Å². The van der Waals surface area contributed by atoms with Crippen molar-refractivity contribution in [3.8, 4) is 5.75 Å². The van der Waals surface area contributed by atoms with Gasteiger partial charge in [0.25, 0.3) is 5.91 Å². The van der Waals surface area contributed by atoms with Crippen molar-refractivity contribution in [1.29, 1.82) is 0 Å². The largest absolute Gasteiger partial charge is 0.486 e. The first-order valence-electron chi connectivity index (χ1n) is 6.12. The molecule has 1 amide bonds. The Labute approximate surface area is 141 Å². The fourth-order valence-corrected chi connectivity index (χ4v) is 2.25. The van der Waals surface area contributed by atoms with Crippen LogP contribution in [0.4, 0.5) is 5.69 Å². The standard InChI is InChI=1S/C15H13IN2O2S/c16-11-4-1-3-10(7-11)15(19)18-12-5-2-6-13(8-12)20-9-14(17)21/h1-8H,9H2,(H2,17,21)(H,18,19). The first-order chi connectivity index (χ1) is 10.0. The van der Waals surface area contributed by atoms with Gasteiger partial charge in [0.05, 0.1) is 0 Å². The van der Waals surface area contributed by atoms with Crippen molar-refractivity contribution in [2.45, 2.75) is 0 Å². The molecule has 0 heterocycles. The molecule has 0 aromatic heterocycles. The van der Waals surface area contributed by atoms with Gasteiger partial charge in [-0.05, 0) is 52.9 Å². The number of hydrogen-bond acceptors (Lipinski definition) is 3. The molecule has 0 aliphatic heterocycles. The quantitative estimate of drug-likeness (QED) is 0.585. The second-order valence-corrected chi connectivity index (χ2v) is 6.02. The van der Waals surface area contributed by atoms with E-state index in [-0.39, 0.29) is 17.5 Å². The number of amides is 1. The Morgan fingerprint density at radius 2 is 2.00 bits per heavy atom. The summed E-state index contributed by atoms with van der Waals surface area (Å²) < 4.78 is 6.40. The maximum Gasteiger partial charge on any atom is 0.255 e. The number of carbonyl (C=O) groups excluding carboxylic acids is 1. The Kier molecular flexibility index (Phi) is 5.51. The molecule has 0 fully saturated rings. The highest BCUT2D eigenvalue weighted by Crippen LogP contribution is 2.18. The molecule has 3 N–H and O–H groups in total. The van der Waals surface area contributed by atoms with Crippen LogP contribution in [0.25, 0.3) is 0 Å². The Morgan fingerprint density at radius 1 is 1.24 bits per heavy atom. The molecule has 6 heteroatoms. The van der Waals surface area contributed by atoms with Crippen LogP contribution >= 0.6 is 34.8 Å². The number of rotatable bonds is 5. The summed E-state index contributed by atoms with van der Waals surface area (Å²) in [5.74, 6) is 0.434. The van der Waals surface area contributed by atoms with Crippen molar-refractivity contribution in [2.75, 3.05) is 11.9 Å².